The fourth-order valence-electron chi connectivity index (χ4n) is 1.66. The minimum Gasteiger partial charge on any atom is -0.342 e. The summed E-state index contributed by atoms with van der Waals surface area (Å²) in [6, 6.07) is 6.08. The molecule has 1 aromatic carbocycles. The molecular weight excluding hydrogens is 174 g/mol. The minimum atomic E-state index is 0.549. The van der Waals surface area contributed by atoms with Crippen molar-refractivity contribution in [3.8, 4) is 0 Å². The fourth-order valence-corrected chi connectivity index (χ4v) is 1.66. The number of hydrogen-bond acceptors (Lipinski definition) is 2. The van der Waals surface area contributed by atoms with Crippen LogP contribution in [0.15, 0.2) is 18.2 Å². The van der Waals surface area contributed by atoms with Crippen LogP contribution in [0.4, 0.5) is 0 Å². The summed E-state index contributed by atoms with van der Waals surface area (Å²) in [6.07, 6.45) is 2.11. The lowest BCUT2D eigenvalue weighted by Gasteiger charge is -1.95. The van der Waals surface area contributed by atoms with E-state index in [9.17, 15) is 0 Å². The highest BCUT2D eigenvalue weighted by Crippen LogP contribution is 2.16. The molecule has 3 N–H and O–H groups in total. The van der Waals surface area contributed by atoms with Crippen LogP contribution < -0.4 is 5.73 Å². The Bertz CT molecular complexity index is 431. The summed E-state index contributed by atoms with van der Waals surface area (Å²) in [7, 11) is 0. The standard InChI is InChI=1S/C11H15N3/c1-2-4-10-13-9-6-3-5-8(7-12)11(9)14-10/h3,5-6H,2,4,7,12H2,1H3,(H,13,14). The van der Waals surface area contributed by atoms with Gasteiger partial charge in [0.1, 0.15) is 5.82 Å². The lowest BCUT2D eigenvalue weighted by molar-refractivity contribution is 0.861. The molecule has 0 saturated heterocycles. The summed E-state index contributed by atoms with van der Waals surface area (Å²) in [4.78, 5) is 7.84. The number of fused-ring (bicyclic) bond motifs is 1. The summed E-state index contributed by atoms with van der Waals surface area (Å²) < 4.78 is 0. The molecule has 74 valence electrons. The van der Waals surface area contributed by atoms with Crippen molar-refractivity contribution in [2.75, 3.05) is 0 Å². The van der Waals surface area contributed by atoms with Gasteiger partial charge in [-0.3, -0.25) is 0 Å². The summed E-state index contributed by atoms with van der Waals surface area (Å²) in [6.45, 7) is 2.70. The van der Waals surface area contributed by atoms with Crippen LogP contribution in [0.1, 0.15) is 24.7 Å². The smallest absolute Gasteiger partial charge is 0.107 e. The second kappa shape index (κ2) is 3.80. The molecular formula is C11H15N3. The van der Waals surface area contributed by atoms with Gasteiger partial charge in [-0.05, 0) is 18.1 Å². The Balaban J connectivity index is 2.52. The van der Waals surface area contributed by atoms with Crippen molar-refractivity contribution in [1.29, 1.82) is 0 Å². The highest BCUT2D eigenvalue weighted by Gasteiger charge is 2.04. The van der Waals surface area contributed by atoms with Crippen molar-refractivity contribution in [3.05, 3.63) is 29.6 Å². The lowest BCUT2D eigenvalue weighted by atomic mass is 10.2. The predicted molar refractivity (Wildman–Crippen MR) is 58.0 cm³/mol. The molecule has 0 aliphatic carbocycles. The highest BCUT2D eigenvalue weighted by atomic mass is 14.9. The quantitative estimate of drug-likeness (QED) is 0.775. The van der Waals surface area contributed by atoms with E-state index < -0.39 is 0 Å². The van der Waals surface area contributed by atoms with Gasteiger partial charge < -0.3 is 10.7 Å². The Kier molecular flexibility index (Phi) is 2.50. The van der Waals surface area contributed by atoms with Crippen LogP contribution in [0, 0.1) is 0 Å². The van der Waals surface area contributed by atoms with Crippen molar-refractivity contribution in [3.63, 3.8) is 0 Å². The number of hydrogen-bond donors (Lipinski definition) is 2. The van der Waals surface area contributed by atoms with E-state index in [1.54, 1.807) is 0 Å². The third-order valence-corrected chi connectivity index (χ3v) is 2.35. The third-order valence-electron chi connectivity index (χ3n) is 2.35. The maximum absolute atomic E-state index is 5.65. The molecule has 1 aromatic heterocycles. The molecule has 0 fully saturated rings. The van der Waals surface area contributed by atoms with E-state index >= 15 is 0 Å². The molecule has 0 radical (unpaired) electrons. The first-order chi connectivity index (χ1) is 6.85. The molecule has 0 unspecified atom stereocenters. The number of imidazole rings is 1. The van der Waals surface area contributed by atoms with Gasteiger partial charge in [-0.2, -0.15) is 0 Å². The molecule has 0 bridgehead atoms. The number of rotatable bonds is 3. The van der Waals surface area contributed by atoms with Gasteiger partial charge in [0.05, 0.1) is 11.0 Å². The lowest BCUT2D eigenvalue weighted by Crippen LogP contribution is -1.96. The van der Waals surface area contributed by atoms with E-state index in [0.29, 0.717) is 6.54 Å². The van der Waals surface area contributed by atoms with E-state index in [0.717, 1.165) is 35.3 Å². The number of H-pyrrole nitrogens is 1. The second-order valence-electron chi connectivity index (χ2n) is 3.45. The zero-order valence-corrected chi connectivity index (χ0v) is 8.38. The topological polar surface area (TPSA) is 54.7 Å². The van der Waals surface area contributed by atoms with E-state index in [2.05, 4.69) is 16.9 Å². The summed E-state index contributed by atoms with van der Waals surface area (Å²) in [5.74, 6) is 1.06. The van der Waals surface area contributed by atoms with Gasteiger partial charge >= 0.3 is 0 Å². The largest absolute Gasteiger partial charge is 0.342 e. The van der Waals surface area contributed by atoms with Crippen molar-refractivity contribution < 1.29 is 0 Å². The first kappa shape index (κ1) is 9.21. The van der Waals surface area contributed by atoms with Gasteiger partial charge in [0.25, 0.3) is 0 Å². The number of nitrogens with zero attached hydrogens (tertiary/aromatic N) is 1. The van der Waals surface area contributed by atoms with Crippen LogP contribution in [0.2, 0.25) is 0 Å². The summed E-state index contributed by atoms with van der Waals surface area (Å²) >= 11 is 0. The Hall–Kier alpha value is -1.35. The maximum Gasteiger partial charge on any atom is 0.107 e. The third kappa shape index (κ3) is 1.51. The van der Waals surface area contributed by atoms with Crippen LogP contribution >= 0.6 is 0 Å². The predicted octanol–water partition coefficient (Wildman–Crippen LogP) is 1.97. The van der Waals surface area contributed by atoms with E-state index in [-0.39, 0.29) is 0 Å². The zero-order chi connectivity index (χ0) is 9.97. The molecule has 1 heterocycles. The Morgan fingerprint density at radius 3 is 3.00 bits per heavy atom. The van der Waals surface area contributed by atoms with Gasteiger partial charge in [-0.25, -0.2) is 4.98 Å². The zero-order valence-electron chi connectivity index (χ0n) is 8.38. The molecule has 0 spiro atoms. The van der Waals surface area contributed by atoms with Crippen LogP contribution in [0.5, 0.6) is 0 Å². The van der Waals surface area contributed by atoms with E-state index in [4.69, 9.17) is 5.73 Å². The normalized spacial score (nSPS) is 11.0. The average Bonchev–Trinajstić information content (AvgIpc) is 2.60. The minimum absolute atomic E-state index is 0.549. The van der Waals surface area contributed by atoms with Crippen LogP contribution in [-0.2, 0) is 13.0 Å². The molecule has 0 aliphatic heterocycles. The summed E-state index contributed by atoms with van der Waals surface area (Å²) in [5, 5.41) is 0. The monoisotopic (exact) mass is 189 g/mol. The number of aryl methyl sites for hydroxylation is 1. The average molecular weight is 189 g/mol. The molecule has 14 heavy (non-hydrogen) atoms. The molecule has 0 atom stereocenters. The molecule has 2 rings (SSSR count). The Morgan fingerprint density at radius 1 is 1.43 bits per heavy atom. The van der Waals surface area contributed by atoms with E-state index in [1.165, 1.54) is 0 Å². The molecule has 0 aliphatic rings. The first-order valence-electron chi connectivity index (χ1n) is 5.01. The number of benzene rings is 1. The molecule has 0 amide bonds. The molecule has 3 nitrogen and oxygen atoms in total. The highest BCUT2D eigenvalue weighted by molar-refractivity contribution is 5.78. The maximum atomic E-state index is 5.65. The molecule has 0 saturated carbocycles. The molecule has 3 heteroatoms. The Morgan fingerprint density at radius 2 is 2.29 bits per heavy atom. The number of nitrogens with two attached hydrogens (primary N) is 1. The van der Waals surface area contributed by atoms with Crippen LogP contribution in [0.3, 0.4) is 0 Å². The number of nitrogens with one attached hydrogen (secondary N) is 1. The van der Waals surface area contributed by atoms with Gasteiger partial charge in [-0.1, -0.05) is 19.1 Å². The van der Waals surface area contributed by atoms with Crippen LogP contribution in [0.25, 0.3) is 11.0 Å². The summed E-state index contributed by atoms with van der Waals surface area (Å²) in [5.41, 5.74) is 8.88. The van der Waals surface area contributed by atoms with Crippen molar-refractivity contribution >= 4 is 11.0 Å². The van der Waals surface area contributed by atoms with E-state index in [1.807, 2.05) is 18.2 Å². The SMILES string of the molecule is CCCc1nc2c(CN)cccc2[nH]1. The number of aromatic nitrogens is 2. The van der Waals surface area contributed by atoms with Crippen molar-refractivity contribution in [2.45, 2.75) is 26.3 Å². The number of para-hydroxylation sites is 1. The van der Waals surface area contributed by atoms with Gasteiger partial charge in [0, 0.05) is 13.0 Å². The number of aromatic amines is 1. The Labute approximate surface area is 83.3 Å². The fraction of sp³-hybridized carbons (Fsp3) is 0.364. The van der Waals surface area contributed by atoms with Gasteiger partial charge in [0.2, 0.25) is 0 Å². The van der Waals surface area contributed by atoms with Crippen LogP contribution in [-0.4, -0.2) is 9.97 Å². The molecule has 2 aromatic rings. The second-order valence-corrected chi connectivity index (χ2v) is 3.45. The van der Waals surface area contributed by atoms with Crippen molar-refractivity contribution in [1.82, 2.24) is 9.97 Å². The van der Waals surface area contributed by atoms with Gasteiger partial charge in [-0.15, -0.1) is 0 Å². The van der Waals surface area contributed by atoms with Crippen molar-refractivity contribution in [2.24, 2.45) is 5.73 Å². The van der Waals surface area contributed by atoms with Gasteiger partial charge in [0.15, 0.2) is 0 Å². The first-order valence-corrected chi connectivity index (χ1v) is 5.01.